The molecule has 4 aliphatic rings. The van der Waals surface area contributed by atoms with Crippen LogP contribution < -0.4 is 0 Å². The van der Waals surface area contributed by atoms with E-state index in [1.807, 2.05) is 0 Å². The van der Waals surface area contributed by atoms with Crippen molar-refractivity contribution in [1.29, 1.82) is 0 Å². The Balaban J connectivity index is 2.09. The van der Waals surface area contributed by atoms with Crippen LogP contribution >= 0.6 is 0 Å². The lowest BCUT2D eigenvalue weighted by molar-refractivity contribution is -0.252. The van der Waals surface area contributed by atoms with Crippen LogP contribution in [0.1, 0.15) is 48.0 Å². The molecule has 3 fully saturated rings. The molecule has 1 saturated carbocycles. The Morgan fingerprint density at radius 3 is 2.07 bits per heavy atom. The van der Waals surface area contributed by atoms with Crippen molar-refractivity contribution in [2.24, 2.45) is 17.3 Å². The first-order chi connectivity index (χ1) is 19.6. The third kappa shape index (κ3) is 5.33. The van der Waals surface area contributed by atoms with E-state index in [1.165, 1.54) is 40.9 Å². The van der Waals surface area contributed by atoms with Crippen LogP contribution in [0, 0.1) is 17.3 Å². The molecule has 0 amide bonds. The van der Waals surface area contributed by atoms with Crippen molar-refractivity contribution in [3.63, 3.8) is 0 Å². The number of esters is 5. The molecule has 2 aliphatic heterocycles. The van der Waals surface area contributed by atoms with E-state index in [0.29, 0.717) is 5.57 Å². The van der Waals surface area contributed by atoms with Gasteiger partial charge in [0.1, 0.15) is 30.0 Å². The van der Waals surface area contributed by atoms with Crippen LogP contribution in [-0.2, 0) is 57.1 Å². The van der Waals surface area contributed by atoms with E-state index in [4.69, 9.17) is 33.2 Å². The minimum absolute atomic E-state index is 0.000953. The molecule has 2 heterocycles. The van der Waals surface area contributed by atoms with Crippen molar-refractivity contribution in [2.75, 3.05) is 20.3 Å². The Morgan fingerprint density at radius 1 is 0.976 bits per heavy atom. The summed E-state index contributed by atoms with van der Waals surface area (Å²) in [5.41, 5.74) is -4.61. The second-order valence-electron chi connectivity index (χ2n) is 11.6. The predicted molar refractivity (Wildman–Crippen MR) is 140 cm³/mol. The Kier molecular flexibility index (Phi) is 8.60. The van der Waals surface area contributed by atoms with E-state index in [0.717, 1.165) is 6.92 Å². The van der Waals surface area contributed by atoms with Crippen LogP contribution in [0.4, 0.5) is 0 Å². The lowest BCUT2D eigenvalue weighted by atomic mass is 9.52. The van der Waals surface area contributed by atoms with E-state index < -0.39 is 88.8 Å². The van der Waals surface area contributed by atoms with Crippen molar-refractivity contribution in [3.05, 3.63) is 23.8 Å². The third-order valence-corrected chi connectivity index (χ3v) is 8.82. The molecule has 0 aromatic carbocycles. The Hall–Kier alpha value is -3.29. The number of epoxide rings is 1. The summed E-state index contributed by atoms with van der Waals surface area (Å²) in [7, 11) is 1.45. The van der Waals surface area contributed by atoms with Gasteiger partial charge in [-0.3, -0.25) is 24.0 Å². The maximum absolute atomic E-state index is 13.0. The average Bonchev–Trinajstić information content (AvgIpc) is 3.63. The molecule has 0 bridgehead atoms. The summed E-state index contributed by atoms with van der Waals surface area (Å²) in [6, 6.07) is 0. The van der Waals surface area contributed by atoms with Gasteiger partial charge in [-0.05, 0) is 24.6 Å². The van der Waals surface area contributed by atoms with Crippen molar-refractivity contribution >= 4 is 29.8 Å². The number of hydrogen-bond donors (Lipinski definition) is 1. The minimum atomic E-state index is -2.20. The molecule has 0 aromatic heterocycles. The van der Waals surface area contributed by atoms with Crippen LogP contribution in [0.3, 0.4) is 0 Å². The summed E-state index contributed by atoms with van der Waals surface area (Å²) >= 11 is 0. The highest BCUT2D eigenvalue weighted by Crippen LogP contribution is 2.62. The van der Waals surface area contributed by atoms with E-state index in [1.54, 1.807) is 19.1 Å². The second kappa shape index (κ2) is 11.4. The maximum Gasteiger partial charge on any atom is 0.312 e. The highest BCUT2D eigenvalue weighted by molar-refractivity contribution is 5.78. The number of rotatable bonds is 6. The zero-order chi connectivity index (χ0) is 31.2. The van der Waals surface area contributed by atoms with Crippen molar-refractivity contribution in [1.82, 2.24) is 0 Å². The van der Waals surface area contributed by atoms with E-state index in [-0.39, 0.29) is 19.6 Å². The molecule has 232 valence electrons. The molecule has 0 unspecified atom stereocenters. The molecule has 2 saturated heterocycles. The molecule has 0 aromatic rings. The lowest BCUT2D eigenvalue weighted by Crippen LogP contribution is -2.71. The first-order valence-electron chi connectivity index (χ1n) is 13.7. The van der Waals surface area contributed by atoms with Gasteiger partial charge in [0.15, 0.2) is 11.7 Å². The summed E-state index contributed by atoms with van der Waals surface area (Å²) in [4.78, 5) is 63.0. The number of aliphatic hydroxyl groups is 1. The molecule has 2 aliphatic carbocycles. The van der Waals surface area contributed by atoms with E-state index in [9.17, 15) is 29.1 Å². The number of ether oxygens (including phenoxy) is 7. The normalized spacial score (nSPS) is 42.5. The summed E-state index contributed by atoms with van der Waals surface area (Å²) in [6.07, 6.45) is -1.57. The fraction of sp³-hybridized carbons (Fsp3) is 0.690. The summed E-state index contributed by atoms with van der Waals surface area (Å²) in [5.74, 6) is -5.92. The maximum atomic E-state index is 13.0. The molecule has 42 heavy (non-hydrogen) atoms. The van der Waals surface area contributed by atoms with Crippen LogP contribution in [-0.4, -0.2) is 97.0 Å². The number of carbonyl (C=O) groups is 5. The first-order valence-corrected chi connectivity index (χ1v) is 13.7. The van der Waals surface area contributed by atoms with Crippen LogP contribution in [0.25, 0.3) is 0 Å². The topological polar surface area (TPSA) is 173 Å². The standard InChI is InChI=1S/C29H38O13/c1-14-26(34)42-23-10-19(12-36-7)8-9-20(38-15(2)30)27(6)21(39-16(3)31)11-22(40-17(4)32)28(13-37-28)24(27)25(29(14,23)35)41-18(5)33/h8-10,14,20-25,35H,11-13H2,1-7H3/b9-8-,19-10+/t14-,20+,21-,22+,23-,24+,25-,27-,28+,29-/m0/s1. The van der Waals surface area contributed by atoms with Crippen molar-refractivity contribution < 1.29 is 62.2 Å². The van der Waals surface area contributed by atoms with Crippen LogP contribution in [0.2, 0.25) is 0 Å². The highest BCUT2D eigenvalue weighted by atomic mass is 16.6. The van der Waals surface area contributed by atoms with Gasteiger partial charge in [-0.15, -0.1) is 0 Å². The number of methoxy groups -OCH3 is 1. The van der Waals surface area contributed by atoms with Gasteiger partial charge >= 0.3 is 29.8 Å². The SMILES string of the molecule is COCC1=C/[C@@H]2OC(=O)[C@H](C)[C@@]2(O)[C@@H](OC(C)=O)[C@H]2[C@@]3(CO3)[C@H](OC(C)=O)C[C@H](OC(C)=O)[C@]2(C)[C@H](OC(C)=O)/C=C\1. The van der Waals surface area contributed by atoms with Gasteiger partial charge in [0.25, 0.3) is 0 Å². The number of carbonyl (C=O) groups excluding carboxylic acids is 5. The van der Waals surface area contributed by atoms with Crippen LogP contribution in [0.5, 0.6) is 0 Å². The molecule has 13 nitrogen and oxygen atoms in total. The lowest BCUT2D eigenvalue weighted by Gasteiger charge is -2.57. The van der Waals surface area contributed by atoms with Gasteiger partial charge in [0, 0.05) is 47.1 Å². The summed E-state index contributed by atoms with van der Waals surface area (Å²) < 4.78 is 40.3. The predicted octanol–water partition coefficient (Wildman–Crippen LogP) is 0.944. The van der Waals surface area contributed by atoms with Crippen molar-refractivity contribution in [3.8, 4) is 0 Å². The van der Waals surface area contributed by atoms with E-state index >= 15 is 0 Å². The minimum Gasteiger partial charge on any atom is -0.462 e. The average molecular weight is 595 g/mol. The smallest absolute Gasteiger partial charge is 0.312 e. The molecule has 0 radical (unpaired) electrons. The first kappa shape index (κ1) is 31.6. The fourth-order valence-corrected chi connectivity index (χ4v) is 6.91. The third-order valence-electron chi connectivity index (χ3n) is 8.82. The molecule has 13 heteroatoms. The quantitative estimate of drug-likeness (QED) is 0.262. The summed E-state index contributed by atoms with van der Waals surface area (Å²) in [6.45, 7) is 7.90. The number of fused-ring (bicyclic) bond motifs is 3. The van der Waals surface area contributed by atoms with Gasteiger partial charge in [0.05, 0.1) is 24.5 Å². The highest BCUT2D eigenvalue weighted by Gasteiger charge is 2.78. The second-order valence-corrected chi connectivity index (χ2v) is 11.6. The van der Waals surface area contributed by atoms with Gasteiger partial charge in [-0.2, -0.15) is 0 Å². The van der Waals surface area contributed by atoms with Gasteiger partial charge in [-0.25, -0.2) is 0 Å². The fourth-order valence-electron chi connectivity index (χ4n) is 6.91. The number of hydrogen-bond acceptors (Lipinski definition) is 13. The van der Waals surface area contributed by atoms with Gasteiger partial charge in [-0.1, -0.05) is 13.0 Å². The van der Waals surface area contributed by atoms with Gasteiger partial charge in [0.2, 0.25) is 0 Å². The van der Waals surface area contributed by atoms with Gasteiger partial charge < -0.3 is 38.3 Å². The molecule has 4 rings (SSSR count). The Labute approximate surface area is 243 Å². The molecular formula is C29H38O13. The van der Waals surface area contributed by atoms with Crippen LogP contribution in [0.15, 0.2) is 23.8 Å². The zero-order valence-electron chi connectivity index (χ0n) is 24.7. The summed E-state index contributed by atoms with van der Waals surface area (Å²) in [5, 5.41) is 12.6. The molecule has 10 atom stereocenters. The largest absolute Gasteiger partial charge is 0.462 e. The molecule has 1 N–H and O–H groups in total. The van der Waals surface area contributed by atoms with Crippen molar-refractivity contribution in [2.45, 2.75) is 89.7 Å². The Morgan fingerprint density at radius 2 is 1.55 bits per heavy atom. The monoisotopic (exact) mass is 594 g/mol. The zero-order valence-corrected chi connectivity index (χ0v) is 24.7. The van der Waals surface area contributed by atoms with E-state index in [2.05, 4.69) is 0 Å². The molecule has 1 spiro atoms. The molecular weight excluding hydrogens is 556 g/mol. The Bertz CT molecular complexity index is 1200.